The number of aromatic nitrogens is 1. The molecule has 1 aromatic heterocycles. The van der Waals surface area contributed by atoms with Gasteiger partial charge in [-0.15, -0.1) is 0 Å². The second-order valence-electron chi connectivity index (χ2n) is 4.95. The van der Waals surface area contributed by atoms with Gasteiger partial charge in [-0.2, -0.15) is 0 Å². The van der Waals surface area contributed by atoms with Crippen LogP contribution in [0.5, 0.6) is 5.75 Å². The van der Waals surface area contributed by atoms with Crippen LogP contribution in [0.1, 0.15) is 25.5 Å². The fourth-order valence-corrected chi connectivity index (χ4v) is 2.26. The maximum atomic E-state index is 12.4. The lowest BCUT2D eigenvalue weighted by Gasteiger charge is -2.18. The number of benzene rings is 1. The Labute approximate surface area is 118 Å². The van der Waals surface area contributed by atoms with Gasteiger partial charge in [0, 0.05) is 18.2 Å². The summed E-state index contributed by atoms with van der Waals surface area (Å²) in [5.74, 6) is 0.797. The van der Waals surface area contributed by atoms with E-state index in [-0.39, 0.29) is 18.1 Å². The van der Waals surface area contributed by atoms with Crippen LogP contribution in [-0.4, -0.2) is 11.7 Å². The number of ether oxygens (including phenoxy) is 1. The first-order chi connectivity index (χ1) is 9.58. The molecule has 2 rings (SSSR count). The number of nitrogens with zero attached hydrogens (tertiary/aromatic N) is 1. The third-order valence-electron chi connectivity index (χ3n) is 3.32. The van der Waals surface area contributed by atoms with Crippen molar-refractivity contribution in [3.05, 3.63) is 52.3 Å². The van der Waals surface area contributed by atoms with Crippen molar-refractivity contribution in [2.75, 3.05) is 7.11 Å². The Morgan fingerprint density at radius 1 is 1.15 bits per heavy atom. The van der Waals surface area contributed by atoms with E-state index in [4.69, 9.17) is 10.5 Å². The number of hydrogen-bond acceptors (Lipinski definition) is 3. The van der Waals surface area contributed by atoms with Gasteiger partial charge in [-0.25, -0.2) is 0 Å². The fraction of sp³-hybridized carbons (Fsp3) is 0.312. The zero-order valence-corrected chi connectivity index (χ0v) is 12.1. The van der Waals surface area contributed by atoms with Crippen LogP contribution in [-0.2, 0) is 6.54 Å². The normalized spacial score (nSPS) is 10.8. The first-order valence-electron chi connectivity index (χ1n) is 6.67. The fourth-order valence-electron chi connectivity index (χ4n) is 2.26. The Bertz CT molecular complexity index is 643. The van der Waals surface area contributed by atoms with Gasteiger partial charge in [-0.1, -0.05) is 6.07 Å². The monoisotopic (exact) mass is 272 g/mol. The number of nitrogens with two attached hydrogens (primary N) is 1. The van der Waals surface area contributed by atoms with Crippen LogP contribution in [0.25, 0.3) is 11.3 Å². The molecule has 0 radical (unpaired) electrons. The van der Waals surface area contributed by atoms with Crippen molar-refractivity contribution in [1.82, 2.24) is 4.57 Å². The third kappa shape index (κ3) is 2.60. The summed E-state index contributed by atoms with van der Waals surface area (Å²) in [6.45, 7) is 4.25. The molecular formula is C16H20N2O2. The average molecular weight is 272 g/mol. The number of pyridine rings is 1. The summed E-state index contributed by atoms with van der Waals surface area (Å²) >= 11 is 0. The standard InChI is InChI=1S/C16H20N2O2/c1-11(2)18-15(9-6-13(10-17)16(18)19)12-4-7-14(20-3)8-5-12/h4-9,11H,10,17H2,1-3H3. The summed E-state index contributed by atoms with van der Waals surface area (Å²) in [6.07, 6.45) is 0. The molecule has 4 heteroatoms. The quantitative estimate of drug-likeness (QED) is 0.930. The highest BCUT2D eigenvalue weighted by atomic mass is 16.5. The smallest absolute Gasteiger partial charge is 0.255 e. The number of rotatable bonds is 4. The van der Waals surface area contributed by atoms with Crippen molar-refractivity contribution < 1.29 is 4.74 Å². The first kappa shape index (κ1) is 14.3. The maximum absolute atomic E-state index is 12.4. The third-order valence-corrected chi connectivity index (χ3v) is 3.32. The lowest BCUT2D eigenvalue weighted by Crippen LogP contribution is -2.27. The van der Waals surface area contributed by atoms with Gasteiger partial charge in [0.25, 0.3) is 5.56 Å². The van der Waals surface area contributed by atoms with Gasteiger partial charge in [0.05, 0.1) is 12.8 Å². The molecule has 0 fully saturated rings. The Kier molecular flexibility index (Phi) is 4.25. The highest BCUT2D eigenvalue weighted by Crippen LogP contribution is 2.23. The molecule has 0 aliphatic rings. The molecule has 2 aromatic rings. The molecule has 4 nitrogen and oxygen atoms in total. The molecule has 0 atom stereocenters. The van der Waals surface area contributed by atoms with Gasteiger partial charge in [0.15, 0.2) is 0 Å². The summed E-state index contributed by atoms with van der Waals surface area (Å²) in [5.41, 5.74) is 8.11. The van der Waals surface area contributed by atoms with E-state index in [1.165, 1.54) is 0 Å². The summed E-state index contributed by atoms with van der Waals surface area (Å²) in [4.78, 5) is 12.4. The first-order valence-corrected chi connectivity index (χ1v) is 6.67. The van der Waals surface area contributed by atoms with E-state index in [0.717, 1.165) is 17.0 Å². The van der Waals surface area contributed by atoms with Gasteiger partial charge in [-0.05, 0) is 49.7 Å². The summed E-state index contributed by atoms with van der Waals surface area (Å²) in [5, 5.41) is 0. The lowest BCUT2D eigenvalue weighted by atomic mass is 10.1. The zero-order chi connectivity index (χ0) is 14.7. The summed E-state index contributed by atoms with van der Waals surface area (Å²) < 4.78 is 6.94. The SMILES string of the molecule is COc1ccc(-c2ccc(CN)c(=O)n2C(C)C)cc1. The number of methoxy groups -OCH3 is 1. The van der Waals surface area contributed by atoms with Crippen molar-refractivity contribution in [2.24, 2.45) is 5.73 Å². The molecular weight excluding hydrogens is 252 g/mol. The van der Waals surface area contributed by atoms with Gasteiger partial charge >= 0.3 is 0 Å². The Balaban J connectivity index is 2.61. The minimum Gasteiger partial charge on any atom is -0.497 e. The molecule has 106 valence electrons. The largest absolute Gasteiger partial charge is 0.497 e. The predicted molar refractivity (Wildman–Crippen MR) is 81.0 cm³/mol. The van der Waals surface area contributed by atoms with E-state index in [9.17, 15) is 4.79 Å². The summed E-state index contributed by atoms with van der Waals surface area (Å²) in [7, 11) is 1.63. The van der Waals surface area contributed by atoms with E-state index in [1.807, 2.05) is 44.2 Å². The van der Waals surface area contributed by atoms with E-state index in [0.29, 0.717) is 5.56 Å². The minimum atomic E-state index is -0.0178. The molecule has 0 aliphatic heterocycles. The van der Waals surface area contributed by atoms with E-state index < -0.39 is 0 Å². The summed E-state index contributed by atoms with van der Waals surface area (Å²) in [6, 6.07) is 11.5. The molecule has 0 bridgehead atoms. The maximum Gasteiger partial charge on any atom is 0.255 e. The molecule has 1 heterocycles. The Morgan fingerprint density at radius 2 is 1.80 bits per heavy atom. The van der Waals surface area contributed by atoms with E-state index >= 15 is 0 Å². The van der Waals surface area contributed by atoms with Crippen LogP contribution in [0.3, 0.4) is 0 Å². The lowest BCUT2D eigenvalue weighted by molar-refractivity contribution is 0.415. The highest BCUT2D eigenvalue weighted by molar-refractivity contribution is 5.61. The van der Waals surface area contributed by atoms with Crippen LogP contribution in [0, 0.1) is 0 Å². The predicted octanol–water partition coefficient (Wildman–Crippen LogP) is 2.56. The molecule has 20 heavy (non-hydrogen) atoms. The molecule has 1 aromatic carbocycles. The van der Waals surface area contributed by atoms with Gasteiger partial charge < -0.3 is 15.0 Å². The van der Waals surface area contributed by atoms with Crippen molar-refractivity contribution in [1.29, 1.82) is 0 Å². The van der Waals surface area contributed by atoms with Gasteiger partial charge in [-0.3, -0.25) is 4.79 Å². The van der Waals surface area contributed by atoms with Crippen LogP contribution in [0.2, 0.25) is 0 Å². The van der Waals surface area contributed by atoms with E-state index in [1.54, 1.807) is 17.7 Å². The average Bonchev–Trinajstić information content (AvgIpc) is 2.46. The second-order valence-corrected chi connectivity index (χ2v) is 4.95. The molecule has 0 aliphatic carbocycles. The molecule has 0 spiro atoms. The van der Waals surface area contributed by atoms with Crippen molar-refractivity contribution in [2.45, 2.75) is 26.4 Å². The molecule has 0 unspecified atom stereocenters. The molecule has 0 saturated heterocycles. The van der Waals surface area contributed by atoms with Gasteiger partial charge in [0.2, 0.25) is 0 Å². The molecule has 0 amide bonds. The Morgan fingerprint density at radius 3 is 2.30 bits per heavy atom. The second kappa shape index (κ2) is 5.92. The highest BCUT2D eigenvalue weighted by Gasteiger charge is 2.12. The van der Waals surface area contributed by atoms with Crippen LogP contribution >= 0.6 is 0 Å². The number of hydrogen-bond donors (Lipinski definition) is 1. The van der Waals surface area contributed by atoms with Crippen LogP contribution in [0.15, 0.2) is 41.2 Å². The molecule has 2 N–H and O–H groups in total. The van der Waals surface area contributed by atoms with Crippen molar-refractivity contribution in [3.63, 3.8) is 0 Å². The van der Waals surface area contributed by atoms with Gasteiger partial charge in [0.1, 0.15) is 5.75 Å². The molecule has 0 saturated carbocycles. The van der Waals surface area contributed by atoms with Crippen LogP contribution in [0.4, 0.5) is 0 Å². The van der Waals surface area contributed by atoms with E-state index in [2.05, 4.69) is 0 Å². The van der Waals surface area contributed by atoms with Crippen molar-refractivity contribution in [3.8, 4) is 17.0 Å². The topological polar surface area (TPSA) is 57.2 Å². The van der Waals surface area contributed by atoms with Crippen molar-refractivity contribution >= 4 is 0 Å². The van der Waals surface area contributed by atoms with Crippen LogP contribution < -0.4 is 16.0 Å². The zero-order valence-electron chi connectivity index (χ0n) is 12.1. The minimum absolute atomic E-state index is 0.0178. The Hall–Kier alpha value is -2.07.